The van der Waals surface area contributed by atoms with Crippen molar-refractivity contribution < 1.29 is 13.2 Å². The summed E-state index contributed by atoms with van der Waals surface area (Å²) in [5.41, 5.74) is 2.81. The normalized spacial score (nSPS) is 12.3. The molecule has 5 aromatic rings. The Morgan fingerprint density at radius 1 is 0.919 bits per heavy atom. The highest BCUT2D eigenvalue weighted by atomic mass is 79.9. The number of hydrogen-bond donors (Lipinski definition) is 0. The Kier molecular flexibility index (Phi) is 6.55. The maximum Gasteiger partial charge on any atom is 0.416 e. The van der Waals surface area contributed by atoms with Crippen LogP contribution in [-0.2, 0) is 13.2 Å². The van der Waals surface area contributed by atoms with Crippen LogP contribution in [0.4, 0.5) is 18.9 Å². The van der Waals surface area contributed by atoms with Crippen LogP contribution in [0.25, 0.3) is 22.6 Å². The molecule has 0 unspecified atom stereocenters. The molecule has 0 fully saturated rings. The fourth-order valence-corrected chi connectivity index (χ4v) is 5.25. The molecule has 0 N–H and O–H groups in total. The molecule has 0 aliphatic rings. The fraction of sp³-hybridized carbons (Fsp3) is 0.111. The van der Waals surface area contributed by atoms with Gasteiger partial charge >= 0.3 is 6.18 Å². The Bertz CT molecular complexity index is 1690. The number of nitrogens with zero attached hydrogens (tertiary/aromatic N) is 4. The molecule has 37 heavy (non-hydrogen) atoms. The van der Waals surface area contributed by atoms with Crippen LogP contribution in [0.2, 0.25) is 0 Å². The minimum absolute atomic E-state index is 0.239. The van der Waals surface area contributed by atoms with Crippen molar-refractivity contribution in [1.82, 2.24) is 13.9 Å². The lowest BCUT2D eigenvalue weighted by molar-refractivity contribution is -0.137. The van der Waals surface area contributed by atoms with Crippen LogP contribution in [-0.4, -0.2) is 13.9 Å². The lowest BCUT2D eigenvalue weighted by Crippen LogP contribution is -2.24. The van der Waals surface area contributed by atoms with E-state index < -0.39 is 11.7 Å². The van der Waals surface area contributed by atoms with Gasteiger partial charge < -0.3 is 0 Å². The summed E-state index contributed by atoms with van der Waals surface area (Å²) >= 11 is 4.76. The van der Waals surface area contributed by atoms with E-state index in [4.69, 9.17) is 0 Å². The van der Waals surface area contributed by atoms with E-state index in [1.54, 1.807) is 13.9 Å². The van der Waals surface area contributed by atoms with Gasteiger partial charge in [-0.05, 0) is 61.0 Å². The van der Waals surface area contributed by atoms with E-state index in [-0.39, 0.29) is 5.56 Å². The van der Waals surface area contributed by atoms with Crippen molar-refractivity contribution in [1.29, 1.82) is 0 Å². The molecule has 0 amide bonds. The summed E-state index contributed by atoms with van der Waals surface area (Å²) in [5, 5.41) is 1.89. The van der Waals surface area contributed by atoms with E-state index >= 15 is 0 Å². The molecule has 0 spiro atoms. The van der Waals surface area contributed by atoms with Crippen molar-refractivity contribution in [3.05, 3.63) is 115 Å². The average Bonchev–Trinajstić information content (AvgIpc) is 3.37. The number of para-hydroxylation sites is 1. The maximum atomic E-state index is 13.9. The molecule has 2 aromatic heterocycles. The molecule has 2 heterocycles. The van der Waals surface area contributed by atoms with Gasteiger partial charge in [0, 0.05) is 16.9 Å². The average molecular weight is 585 g/mol. The quantitative estimate of drug-likeness (QED) is 0.224. The van der Waals surface area contributed by atoms with Crippen molar-refractivity contribution >= 4 is 33.0 Å². The second-order valence-corrected chi connectivity index (χ2v) is 10.1. The number of benzene rings is 3. The first kappa shape index (κ1) is 25.0. The summed E-state index contributed by atoms with van der Waals surface area (Å²) in [6.07, 6.45) is -4.43. The molecule has 3 aromatic carbocycles. The van der Waals surface area contributed by atoms with E-state index in [9.17, 15) is 18.0 Å². The van der Waals surface area contributed by atoms with Crippen molar-refractivity contribution in [2.75, 3.05) is 0 Å². The fourth-order valence-electron chi connectivity index (χ4n) is 4.07. The minimum Gasteiger partial charge on any atom is -0.283 e. The Balaban J connectivity index is 1.77. The molecular formula is C27H20BrF3N4OS. The SMILES string of the molecule is Cc1c(-n2c(-c3ccc(Br)cc3)csc2=Nc2ccc(C(F)(F)F)cc2)c(=O)n(-c2ccccc2)n1C. The molecule has 0 aliphatic carbocycles. The van der Waals surface area contributed by atoms with Crippen LogP contribution in [0.3, 0.4) is 0 Å². The molecule has 0 atom stereocenters. The first-order valence-corrected chi connectivity index (χ1v) is 12.9. The first-order valence-electron chi connectivity index (χ1n) is 11.2. The third-order valence-electron chi connectivity index (χ3n) is 6.01. The predicted molar refractivity (Wildman–Crippen MR) is 143 cm³/mol. The van der Waals surface area contributed by atoms with Gasteiger partial charge in [-0.15, -0.1) is 11.3 Å². The van der Waals surface area contributed by atoms with Gasteiger partial charge in [0.2, 0.25) is 0 Å². The number of rotatable bonds is 4. The van der Waals surface area contributed by atoms with E-state index in [1.165, 1.54) is 23.5 Å². The Morgan fingerprint density at radius 3 is 2.19 bits per heavy atom. The zero-order chi connectivity index (χ0) is 26.3. The van der Waals surface area contributed by atoms with Gasteiger partial charge in [0.05, 0.1) is 28.3 Å². The van der Waals surface area contributed by atoms with E-state index in [0.29, 0.717) is 27.6 Å². The minimum atomic E-state index is -4.43. The molecule has 0 bridgehead atoms. The number of aromatic nitrogens is 3. The molecule has 0 radical (unpaired) electrons. The van der Waals surface area contributed by atoms with Gasteiger partial charge in [-0.1, -0.05) is 46.3 Å². The summed E-state index contributed by atoms with van der Waals surface area (Å²) in [6.45, 7) is 1.86. The zero-order valence-electron chi connectivity index (χ0n) is 19.7. The molecule has 0 aliphatic heterocycles. The molecule has 0 saturated heterocycles. The highest BCUT2D eigenvalue weighted by molar-refractivity contribution is 9.10. The number of thiazole rings is 1. The molecule has 188 valence electrons. The molecule has 5 rings (SSSR count). The summed E-state index contributed by atoms with van der Waals surface area (Å²) in [7, 11) is 1.81. The van der Waals surface area contributed by atoms with Gasteiger partial charge in [-0.3, -0.25) is 14.0 Å². The smallest absolute Gasteiger partial charge is 0.283 e. The monoisotopic (exact) mass is 584 g/mol. The van der Waals surface area contributed by atoms with Gasteiger partial charge in [0.1, 0.15) is 5.69 Å². The van der Waals surface area contributed by atoms with Gasteiger partial charge in [-0.2, -0.15) is 13.2 Å². The molecule has 10 heteroatoms. The zero-order valence-corrected chi connectivity index (χ0v) is 22.1. The van der Waals surface area contributed by atoms with Crippen molar-refractivity contribution in [2.24, 2.45) is 12.0 Å². The van der Waals surface area contributed by atoms with Crippen molar-refractivity contribution in [2.45, 2.75) is 13.1 Å². The van der Waals surface area contributed by atoms with E-state index in [2.05, 4.69) is 20.9 Å². The van der Waals surface area contributed by atoms with E-state index in [1.807, 2.05) is 73.9 Å². The van der Waals surface area contributed by atoms with Crippen LogP contribution in [0.5, 0.6) is 0 Å². The van der Waals surface area contributed by atoms with Gasteiger partial charge in [-0.25, -0.2) is 9.67 Å². The van der Waals surface area contributed by atoms with Gasteiger partial charge in [0.25, 0.3) is 5.56 Å². The third kappa shape index (κ3) is 4.74. The summed E-state index contributed by atoms with van der Waals surface area (Å²) in [4.78, 5) is 19.0. The van der Waals surface area contributed by atoms with Crippen LogP contribution >= 0.6 is 27.3 Å². The number of hydrogen-bond acceptors (Lipinski definition) is 3. The topological polar surface area (TPSA) is 44.2 Å². The summed E-state index contributed by atoms with van der Waals surface area (Å²) < 4.78 is 45.2. The summed E-state index contributed by atoms with van der Waals surface area (Å²) in [6, 6.07) is 21.6. The van der Waals surface area contributed by atoms with Crippen LogP contribution in [0.15, 0.2) is 98.5 Å². The second kappa shape index (κ2) is 9.68. The Hall–Kier alpha value is -3.63. The largest absolute Gasteiger partial charge is 0.416 e. The first-order chi connectivity index (χ1) is 17.6. The van der Waals surface area contributed by atoms with Crippen molar-refractivity contribution in [3.8, 4) is 22.6 Å². The molecule has 0 saturated carbocycles. The Morgan fingerprint density at radius 2 is 1.57 bits per heavy atom. The number of halogens is 4. The lowest BCUT2D eigenvalue weighted by atomic mass is 10.1. The standard InChI is InChI=1S/C27H20BrF3N4OS/c1-17-24(25(36)35(33(17)2)22-6-4-3-5-7-22)34-23(18-8-12-20(28)13-9-18)16-37-26(34)32-21-14-10-19(11-15-21)27(29,30)31/h3-16H,1-2H3. The highest BCUT2D eigenvalue weighted by Gasteiger charge is 2.30. The lowest BCUT2D eigenvalue weighted by Gasteiger charge is -2.09. The molecule has 5 nitrogen and oxygen atoms in total. The second-order valence-electron chi connectivity index (χ2n) is 8.31. The van der Waals surface area contributed by atoms with Crippen LogP contribution < -0.4 is 10.4 Å². The maximum absolute atomic E-state index is 13.9. The Labute approximate surface area is 222 Å². The van der Waals surface area contributed by atoms with Crippen LogP contribution in [0.1, 0.15) is 11.3 Å². The third-order valence-corrected chi connectivity index (χ3v) is 7.37. The van der Waals surface area contributed by atoms with E-state index in [0.717, 1.165) is 27.9 Å². The summed E-state index contributed by atoms with van der Waals surface area (Å²) in [5.74, 6) is 0. The van der Waals surface area contributed by atoms with Crippen LogP contribution in [0, 0.1) is 6.92 Å². The molecular weight excluding hydrogens is 565 g/mol. The van der Waals surface area contributed by atoms with Gasteiger partial charge in [0.15, 0.2) is 4.80 Å². The number of alkyl halides is 3. The van der Waals surface area contributed by atoms with Crippen molar-refractivity contribution in [3.63, 3.8) is 0 Å². The predicted octanol–water partition coefficient (Wildman–Crippen LogP) is 7.02. The highest BCUT2D eigenvalue weighted by Crippen LogP contribution is 2.31.